The van der Waals surface area contributed by atoms with Crippen molar-refractivity contribution in [1.82, 2.24) is 9.97 Å². The first-order valence-electron chi connectivity index (χ1n) is 6.66. The lowest BCUT2D eigenvalue weighted by Gasteiger charge is -2.25. The molecule has 0 aliphatic heterocycles. The fourth-order valence-corrected chi connectivity index (χ4v) is 2.34. The van der Waals surface area contributed by atoms with Crippen molar-refractivity contribution >= 4 is 0 Å². The first kappa shape index (κ1) is 12.5. The summed E-state index contributed by atoms with van der Waals surface area (Å²) in [6.45, 7) is 7.12. The second kappa shape index (κ2) is 5.13. The molecule has 2 N–H and O–H groups in total. The maximum atomic E-state index is 5.69. The number of hydrogen-bond donors (Lipinski definition) is 1. The summed E-state index contributed by atoms with van der Waals surface area (Å²) in [7, 11) is 0. The van der Waals surface area contributed by atoms with Gasteiger partial charge in [-0.1, -0.05) is 13.3 Å². The van der Waals surface area contributed by atoms with E-state index in [1.54, 1.807) is 0 Å². The van der Waals surface area contributed by atoms with Crippen LogP contribution in [0, 0.1) is 19.8 Å². The number of rotatable bonds is 4. The quantitative estimate of drug-likeness (QED) is 0.869. The van der Waals surface area contributed by atoms with Crippen LogP contribution in [0.25, 0.3) is 0 Å². The molecule has 1 heterocycles. The van der Waals surface area contributed by atoms with Gasteiger partial charge >= 0.3 is 0 Å². The zero-order valence-electron chi connectivity index (χ0n) is 11.2. The number of nitrogens with two attached hydrogens (primary N) is 1. The van der Waals surface area contributed by atoms with Crippen LogP contribution in [0.15, 0.2) is 0 Å². The predicted octanol–water partition coefficient (Wildman–Crippen LogP) is 2.50. The molecule has 1 aromatic heterocycles. The molecule has 0 radical (unpaired) electrons. The zero-order valence-corrected chi connectivity index (χ0v) is 11.2. The average Bonchev–Trinajstić information content (AvgIpc) is 2.20. The highest BCUT2D eigenvalue weighted by Gasteiger charge is 2.23. The molecule has 0 aromatic carbocycles. The highest BCUT2D eigenvalue weighted by atomic mass is 14.9. The highest BCUT2D eigenvalue weighted by Crippen LogP contribution is 2.34. The van der Waals surface area contributed by atoms with E-state index in [4.69, 9.17) is 15.7 Å². The number of aryl methyl sites for hydroxylation is 2. The van der Waals surface area contributed by atoms with Crippen LogP contribution < -0.4 is 5.73 Å². The molecule has 0 spiro atoms. The summed E-state index contributed by atoms with van der Waals surface area (Å²) >= 11 is 0. The van der Waals surface area contributed by atoms with Crippen LogP contribution in [0.4, 0.5) is 0 Å². The Morgan fingerprint density at radius 2 is 1.82 bits per heavy atom. The van der Waals surface area contributed by atoms with Crippen LogP contribution >= 0.6 is 0 Å². The van der Waals surface area contributed by atoms with Gasteiger partial charge in [-0.25, -0.2) is 9.97 Å². The van der Waals surface area contributed by atoms with E-state index >= 15 is 0 Å². The van der Waals surface area contributed by atoms with Crippen molar-refractivity contribution < 1.29 is 0 Å². The van der Waals surface area contributed by atoms with Crippen LogP contribution in [0.5, 0.6) is 0 Å². The minimum absolute atomic E-state index is 0.505. The van der Waals surface area contributed by atoms with E-state index in [9.17, 15) is 0 Å². The molecular formula is C14H23N3. The van der Waals surface area contributed by atoms with E-state index in [1.165, 1.54) is 24.8 Å². The third kappa shape index (κ3) is 2.65. The van der Waals surface area contributed by atoms with Crippen molar-refractivity contribution in [2.75, 3.05) is 6.54 Å². The molecule has 1 atom stereocenters. The molecule has 0 amide bonds. The molecule has 1 fully saturated rings. The molecule has 0 saturated heterocycles. The van der Waals surface area contributed by atoms with Gasteiger partial charge in [0.05, 0.1) is 0 Å². The Labute approximate surface area is 104 Å². The zero-order chi connectivity index (χ0) is 12.4. The van der Waals surface area contributed by atoms with Gasteiger partial charge in [-0.2, -0.15) is 0 Å². The SMILES string of the molecule is Cc1nc(C2CCC2)nc(C)c1CC(C)CN. The molecule has 17 heavy (non-hydrogen) atoms. The molecule has 2 rings (SSSR count). The van der Waals surface area contributed by atoms with Crippen LogP contribution in [0.1, 0.15) is 54.9 Å². The maximum Gasteiger partial charge on any atom is 0.131 e. The molecule has 3 heteroatoms. The van der Waals surface area contributed by atoms with Crippen molar-refractivity contribution in [1.29, 1.82) is 0 Å². The maximum absolute atomic E-state index is 5.69. The summed E-state index contributed by atoms with van der Waals surface area (Å²) in [6, 6.07) is 0. The molecule has 94 valence electrons. The number of nitrogens with zero attached hydrogens (tertiary/aromatic N) is 2. The monoisotopic (exact) mass is 233 g/mol. The smallest absolute Gasteiger partial charge is 0.131 e. The molecular weight excluding hydrogens is 210 g/mol. The Hall–Kier alpha value is -0.960. The van der Waals surface area contributed by atoms with Crippen LogP contribution in [-0.4, -0.2) is 16.5 Å². The lowest BCUT2D eigenvalue weighted by Crippen LogP contribution is -2.18. The van der Waals surface area contributed by atoms with Gasteiger partial charge in [-0.15, -0.1) is 0 Å². The summed E-state index contributed by atoms with van der Waals surface area (Å²) in [5.41, 5.74) is 9.29. The van der Waals surface area contributed by atoms with Crippen molar-refractivity contribution in [2.45, 2.75) is 52.4 Å². The fourth-order valence-electron chi connectivity index (χ4n) is 2.34. The summed E-state index contributed by atoms with van der Waals surface area (Å²) < 4.78 is 0. The Kier molecular flexibility index (Phi) is 3.77. The largest absolute Gasteiger partial charge is 0.330 e. The van der Waals surface area contributed by atoms with Crippen LogP contribution in [0.3, 0.4) is 0 Å². The van der Waals surface area contributed by atoms with E-state index in [-0.39, 0.29) is 0 Å². The van der Waals surface area contributed by atoms with Gasteiger partial charge in [-0.05, 0) is 51.1 Å². The van der Waals surface area contributed by atoms with Crippen molar-refractivity contribution in [2.24, 2.45) is 11.7 Å². The lowest BCUT2D eigenvalue weighted by atomic mass is 9.84. The van der Waals surface area contributed by atoms with Gasteiger partial charge in [0.2, 0.25) is 0 Å². The van der Waals surface area contributed by atoms with Gasteiger partial charge in [0.1, 0.15) is 5.82 Å². The third-order valence-electron chi connectivity index (χ3n) is 3.86. The molecule has 1 aliphatic rings. The topological polar surface area (TPSA) is 51.8 Å². The van der Waals surface area contributed by atoms with Crippen molar-refractivity contribution in [3.8, 4) is 0 Å². The standard InChI is InChI=1S/C14H23N3/c1-9(8-15)7-13-10(2)16-14(17-11(13)3)12-5-4-6-12/h9,12H,4-8,15H2,1-3H3. The predicted molar refractivity (Wildman–Crippen MR) is 70.0 cm³/mol. The summed E-state index contributed by atoms with van der Waals surface area (Å²) in [5, 5.41) is 0. The molecule has 1 saturated carbocycles. The molecule has 1 unspecified atom stereocenters. The molecule has 0 bridgehead atoms. The van der Waals surface area contributed by atoms with E-state index in [1.807, 2.05) is 0 Å². The second-order valence-corrected chi connectivity index (χ2v) is 5.40. The lowest BCUT2D eigenvalue weighted by molar-refractivity contribution is 0.399. The van der Waals surface area contributed by atoms with Crippen molar-refractivity contribution in [3.63, 3.8) is 0 Å². The average molecular weight is 233 g/mol. The Bertz CT molecular complexity index is 373. The normalized spacial score (nSPS) is 17.9. The minimum atomic E-state index is 0.505. The first-order valence-corrected chi connectivity index (χ1v) is 6.66. The van der Waals surface area contributed by atoms with Crippen LogP contribution in [0.2, 0.25) is 0 Å². The van der Waals surface area contributed by atoms with E-state index in [2.05, 4.69) is 20.8 Å². The molecule has 1 aromatic rings. The van der Waals surface area contributed by atoms with Gasteiger partial charge < -0.3 is 5.73 Å². The van der Waals surface area contributed by atoms with Gasteiger partial charge in [0, 0.05) is 17.3 Å². The second-order valence-electron chi connectivity index (χ2n) is 5.40. The molecule has 1 aliphatic carbocycles. The fraction of sp³-hybridized carbons (Fsp3) is 0.714. The summed E-state index contributed by atoms with van der Waals surface area (Å²) in [4.78, 5) is 9.38. The van der Waals surface area contributed by atoms with E-state index in [0.29, 0.717) is 11.8 Å². The Morgan fingerprint density at radius 1 is 1.24 bits per heavy atom. The Balaban J connectivity index is 2.22. The molecule has 3 nitrogen and oxygen atoms in total. The van der Waals surface area contributed by atoms with Gasteiger partial charge in [-0.3, -0.25) is 0 Å². The highest BCUT2D eigenvalue weighted by molar-refractivity contribution is 5.26. The van der Waals surface area contributed by atoms with Crippen LogP contribution in [-0.2, 0) is 6.42 Å². The van der Waals surface area contributed by atoms with E-state index in [0.717, 1.165) is 30.2 Å². The van der Waals surface area contributed by atoms with Gasteiger partial charge in [0.15, 0.2) is 0 Å². The van der Waals surface area contributed by atoms with E-state index < -0.39 is 0 Å². The first-order chi connectivity index (χ1) is 8.11. The summed E-state index contributed by atoms with van der Waals surface area (Å²) in [5.74, 6) is 2.19. The number of hydrogen-bond acceptors (Lipinski definition) is 3. The van der Waals surface area contributed by atoms with Gasteiger partial charge in [0.25, 0.3) is 0 Å². The minimum Gasteiger partial charge on any atom is -0.330 e. The number of aromatic nitrogens is 2. The Morgan fingerprint density at radius 3 is 2.24 bits per heavy atom. The third-order valence-corrected chi connectivity index (χ3v) is 3.86. The van der Waals surface area contributed by atoms with Crippen molar-refractivity contribution in [3.05, 3.63) is 22.8 Å². The summed E-state index contributed by atoms with van der Waals surface area (Å²) in [6.07, 6.45) is 4.85.